The molecular weight excluding hydrogens is 416 g/mol. The average molecular weight is 427 g/mol. The molecule has 0 bridgehead atoms. The molecule has 0 aromatic carbocycles. The van der Waals surface area contributed by atoms with Crippen molar-refractivity contribution in [1.29, 1.82) is 0 Å². The van der Waals surface area contributed by atoms with Crippen molar-refractivity contribution in [1.82, 2.24) is 0 Å². The SMILES string of the molecule is BrC1(Br)CCSC1(Br)OC1CCCS1. The zero-order chi connectivity index (χ0) is 10.2. The first-order valence-corrected chi connectivity index (χ1v) is 8.95. The highest BCUT2D eigenvalue weighted by atomic mass is 79.9. The summed E-state index contributed by atoms with van der Waals surface area (Å²) in [6.45, 7) is 0. The van der Waals surface area contributed by atoms with Gasteiger partial charge in [-0.3, -0.25) is 0 Å². The van der Waals surface area contributed by atoms with Gasteiger partial charge in [0.1, 0.15) is 8.67 Å². The lowest BCUT2D eigenvalue weighted by Crippen LogP contribution is -2.37. The van der Waals surface area contributed by atoms with E-state index < -0.39 is 0 Å². The van der Waals surface area contributed by atoms with Gasteiger partial charge in [-0.2, -0.15) is 0 Å². The van der Waals surface area contributed by atoms with E-state index >= 15 is 0 Å². The van der Waals surface area contributed by atoms with Crippen molar-refractivity contribution in [3.8, 4) is 0 Å². The van der Waals surface area contributed by atoms with Gasteiger partial charge in [-0.25, -0.2) is 0 Å². The number of thioether (sulfide) groups is 2. The number of ether oxygens (including phenoxy) is 1. The minimum atomic E-state index is -0.304. The van der Waals surface area contributed by atoms with E-state index in [1.165, 1.54) is 18.6 Å². The Morgan fingerprint density at radius 1 is 1.21 bits per heavy atom. The molecular formula is C8H11Br3OS2. The summed E-state index contributed by atoms with van der Waals surface area (Å²) in [5.74, 6) is 2.34. The molecule has 6 heteroatoms. The molecule has 2 unspecified atom stereocenters. The molecule has 2 aliphatic rings. The van der Waals surface area contributed by atoms with E-state index in [1.54, 1.807) is 0 Å². The summed E-state index contributed by atoms with van der Waals surface area (Å²) in [4.78, 5) is 0. The molecule has 0 aromatic rings. The van der Waals surface area contributed by atoms with Gasteiger partial charge in [0.05, 0.1) is 0 Å². The van der Waals surface area contributed by atoms with Crippen molar-refractivity contribution < 1.29 is 4.74 Å². The summed E-state index contributed by atoms with van der Waals surface area (Å²) < 4.78 is 5.70. The van der Waals surface area contributed by atoms with Gasteiger partial charge in [0.25, 0.3) is 0 Å². The van der Waals surface area contributed by atoms with Gasteiger partial charge in [-0.05, 0) is 46.7 Å². The average Bonchev–Trinajstić information content (AvgIpc) is 2.63. The van der Waals surface area contributed by atoms with Crippen molar-refractivity contribution in [2.24, 2.45) is 0 Å². The van der Waals surface area contributed by atoms with Crippen LogP contribution in [0.15, 0.2) is 0 Å². The van der Waals surface area contributed by atoms with Crippen LogP contribution in [-0.2, 0) is 4.74 Å². The molecule has 0 aromatic heterocycles. The molecule has 14 heavy (non-hydrogen) atoms. The summed E-state index contributed by atoms with van der Waals surface area (Å²) in [5.41, 5.74) is 0.356. The van der Waals surface area contributed by atoms with Gasteiger partial charge in [-0.1, -0.05) is 31.9 Å². The Labute approximate surface area is 118 Å². The lowest BCUT2D eigenvalue weighted by atomic mass is 10.3. The minimum absolute atomic E-state index is 0.124. The molecule has 2 heterocycles. The fourth-order valence-corrected chi connectivity index (χ4v) is 6.70. The fraction of sp³-hybridized carbons (Fsp3) is 1.00. The maximum absolute atomic E-state index is 6.12. The number of hydrogen-bond donors (Lipinski definition) is 0. The molecule has 1 nitrogen and oxygen atoms in total. The Bertz CT molecular complexity index is 221. The number of rotatable bonds is 2. The van der Waals surface area contributed by atoms with Crippen molar-refractivity contribution in [2.45, 2.75) is 31.8 Å². The van der Waals surface area contributed by atoms with Gasteiger partial charge in [0.15, 0.2) is 3.84 Å². The van der Waals surface area contributed by atoms with Crippen molar-refractivity contribution in [3.63, 3.8) is 0 Å². The first kappa shape index (κ1) is 12.6. The van der Waals surface area contributed by atoms with Crippen LogP contribution >= 0.6 is 71.3 Å². The standard InChI is InChI=1S/C8H11Br3OS2/c9-7(10)3-5-14-8(7,11)12-6-2-1-4-13-6/h6H,1-5H2. The first-order valence-electron chi connectivity index (χ1n) is 4.54. The number of halogens is 3. The van der Waals surface area contributed by atoms with E-state index in [9.17, 15) is 0 Å². The third kappa shape index (κ3) is 2.50. The van der Waals surface area contributed by atoms with E-state index in [4.69, 9.17) is 4.74 Å². The zero-order valence-corrected chi connectivity index (χ0v) is 13.9. The third-order valence-electron chi connectivity index (χ3n) is 2.31. The quantitative estimate of drug-likeness (QED) is 0.600. The molecule has 2 fully saturated rings. The second-order valence-electron chi connectivity index (χ2n) is 3.40. The van der Waals surface area contributed by atoms with Crippen LogP contribution in [0.2, 0.25) is 0 Å². The van der Waals surface area contributed by atoms with Crippen molar-refractivity contribution in [2.75, 3.05) is 11.5 Å². The van der Waals surface area contributed by atoms with Crippen LogP contribution in [-0.4, -0.2) is 24.0 Å². The Hall–Kier alpha value is 2.10. The van der Waals surface area contributed by atoms with Gasteiger partial charge >= 0.3 is 0 Å². The molecule has 0 aliphatic carbocycles. The monoisotopic (exact) mass is 424 g/mol. The van der Waals surface area contributed by atoms with E-state index in [1.807, 2.05) is 23.5 Å². The van der Waals surface area contributed by atoms with Crippen LogP contribution in [0.1, 0.15) is 19.3 Å². The van der Waals surface area contributed by atoms with Crippen molar-refractivity contribution >= 4 is 71.3 Å². The summed E-state index contributed by atoms with van der Waals surface area (Å²) in [7, 11) is 0. The molecule has 2 atom stereocenters. The fourth-order valence-electron chi connectivity index (χ4n) is 1.50. The van der Waals surface area contributed by atoms with E-state index in [2.05, 4.69) is 47.8 Å². The lowest BCUT2D eigenvalue weighted by Gasteiger charge is -2.33. The highest BCUT2D eigenvalue weighted by Crippen LogP contribution is 2.60. The molecule has 2 rings (SSSR count). The number of alkyl halides is 3. The maximum atomic E-state index is 6.12. The Kier molecular flexibility index (Phi) is 4.27. The van der Waals surface area contributed by atoms with Crippen LogP contribution in [0.3, 0.4) is 0 Å². The largest absolute Gasteiger partial charge is 0.338 e. The van der Waals surface area contributed by atoms with Gasteiger partial charge < -0.3 is 4.74 Å². The molecule has 0 saturated carbocycles. The Balaban J connectivity index is 2.00. The Morgan fingerprint density at radius 3 is 2.50 bits per heavy atom. The third-order valence-corrected chi connectivity index (χ3v) is 9.81. The second kappa shape index (κ2) is 4.77. The number of hydrogen-bond acceptors (Lipinski definition) is 3. The molecule has 2 saturated heterocycles. The van der Waals surface area contributed by atoms with Crippen LogP contribution in [0.4, 0.5) is 0 Å². The molecule has 0 amide bonds. The predicted molar refractivity (Wildman–Crippen MR) is 75.9 cm³/mol. The van der Waals surface area contributed by atoms with Crippen LogP contribution in [0.25, 0.3) is 0 Å². The highest BCUT2D eigenvalue weighted by molar-refractivity contribution is 9.26. The molecule has 0 radical (unpaired) electrons. The smallest absolute Gasteiger partial charge is 0.195 e. The maximum Gasteiger partial charge on any atom is 0.195 e. The molecule has 0 N–H and O–H groups in total. The summed E-state index contributed by atoms with van der Waals surface area (Å²) >= 11 is 14.8. The normalized spacial score (nSPS) is 41.8. The van der Waals surface area contributed by atoms with E-state index in [0.717, 1.165) is 12.2 Å². The van der Waals surface area contributed by atoms with Gasteiger partial charge in [-0.15, -0.1) is 23.5 Å². The second-order valence-corrected chi connectivity index (χ2v) is 11.4. The molecule has 2 aliphatic heterocycles. The van der Waals surface area contributed by atoms with E-state index in [-0.39, 0.29) is 7.08 Å². The molecule has 82 valence electrons. The highest BCUT2D eigenvalue weighted by Gasteiger charge is 2.54. The van der Waals surface area contributed by atoms with E-state index in [0.29, 0.717) is 5.44 Å². The van der Waals surface area contributed by atoms with Crippen LogP contribution < -0.4 is 0 Å². The first-order chi connectivity index (χ1) is 6.54. The topological polar surface area (TPSA) is 9.23 Å². The lowest BCUT2D eigenvalue weighted by molar-refractivity contribution is 0.0717. The van der Waals surface area contributed by atoms with Crippen LogP contribution in [0.5, 0.6) is 0 Å². The van der Waals surface area contributed by atoms with Crippen LogP contribution in [0, 0.1) is 0 Å². The summed E-state index contributed by atoms with van der Waals surface area (Å²) in [5, 5.41) is 0. The summed E-state index contributed by atoms with van der Waals surface area (Å²) in [6, 6.07) is 0. The minimum Gasteiger partial charge on any atom is -0.338 e. The summed E-state index contributed by atoms with van der Waals surface area (Å²) in [6.07, 6.45) is 3.52. The Morgan fingerprint density at radius 2 is 2.00 bits per heavy atom. The van der Waals surface area contributed by atoms with Gasteiger partial charge in [0, 0.05) is 0 Å². The predicted octanol–water partition coefficient (Wildman–Crippen LogP) is 4.53. The van der Waals surface area contributed by atoms with Gasteiger partial charge in [0.2, 0.25) is 0 Å². The zero-order valence-electron chi connectivity index (χ0n) is 7.47. The molecule has 0 spiro atoms. The van der Waals surface area contributed by atoms with Crippen molar-refractivity contribution in [3.05, 3.63) is 0 Å².